The van der Waals surface area contributed by atoms with Gasteiger partial charge in [-0.25, -0.2) is 9.78 Å². The van der Waals surface area contributed by atoms with Gasteiger partial charge in [0.2, 0.25) is 0 Å². The topological polar surface area (TPSA) is 92.4 Å². The maximum atomic E-state index is 11.1. The van der Waals surface area contributed by atoms with Gasteiger partial charge in [-0.3, -0.25) is 4.79 Å². The number of hydrogen-bond donors (Lipinski definition) is 2. The minimum atomic E-state index is -1.04. The van der Waals surface area contributed by atoms with E-state index in [1.807, 2.05) is 6.07 Å². The summed E-state index contributed by atoms with van der Waals surface area (Å²) in [4.78, 5) is 26.7. The number of carbonyl (C=O) groups is 2. The van der Waals surface area contributed by atoms with E-state index in [1.54, 1.807) is 34.9 Å². The lowest BCUT2D eigenvalue weighted by molar-refractivity contribution is -0.137. The van der Waals surface area contributed by atoms with E-state index >= 15 is 0 Å². The average molecular weight is 296 g/mol. The van der Waals surface area contributed by atoms with Crippen LogP contribution in [0.1, 0.15) is 10.4 Å². The Morgan fingerprint density at radius 3 is 2.55 bits per heavy atom. The van der Waals surface area contributed by atoms with Gasteiger partial charge in [-0.15, -0.1) is 0 Å². The standard InChI is InChI=1S/C16H12N2O4/c19-14(20)9-18-13-7-2-1-6-12(13)17-15(18)10-4-3-5-11(8-10)16(21)22/h1-8H,9H2,(H,19,20)(H,21,22). The molecule has 6 heteroatoms. The van der Waals surface area contributed by atoms with E-state index in [9.17, 15) is 9.59 Å². The van der Waals surface area contributed by atoms with Crippen molar-refractivity contribution in [3.05, 3.63) is 54.1 Å². The van der Waals surface area contributed by atoms with E-state index in [1.165, 1.54) is 12.1 Å². The van der Waals surface area contributed by atoms with E-state index in [-0.39, 0.29) is 12.1 Å². The Bertz CT molecular complexity index is 883. The van der Waals surface area contributed by atoms with Gasteiger partial charge in [0.25, 0.3) is 0 Å². The van der Waals surface area contributed by atoms with E-state index in [2.05, 4.69) is 4.98 Å². The molecule has 6 nitrogen and oxygen atoms in total. The second kappa shape index (κ2) is 5.33. The molecule has 1 heterocycles. The van der Waals surface area contributed by atoms with Crippen LogP contribution in [0.15, 0.2) is 48.5 Å². The molecule has 0 bridgehead atoms. The number of nitrogens with zero attached hydrogens (tertiary/aromatic N) is 2. The summed E-state index contributed by atoms with van der Waals surface area (Å²) in [5, 5.41) is 18.2. The smallest absolute Gasteiger partial charge is 0.335 e. The summed E-state index contributed by atoms with van der Waals surface area (Å²) >= 11 is 0. The molecular formula is C16H12N2O4. The van der Waals surface area contributed by atoms with Crippen molar-refractivity contribution in [3.63, 3.8) is 0 Å². The lowest BCUT2D eigenvalue weighted by Gasteiger charge is -2.07. The van der Waals surface area contributed by atoms with Crippen LogP contribution in [0.25, 0.3) is 22.4 Å². The van der Waals surface area contributed by atoms with Gasteiger partial charge in [-0.05, 0) is 24.3 Å². The molecule has 0 fully saturated rings. The molecule has 0 saturated heterocycles. The van der Waals surface area contributed by atoms with Crippen LogP contribution in [0.4, 0.5) is 0 Å². The van der Waals surface area contributed by atoms with Crippen LogP contribution in [0.2, 0.25) is 0 Å². The van der Waals surface area contributed by atoms with Crippen LogP contribution < -0.4 is 0 Å². The van der Waals surface area contributed by atoms with Crippen molar-refractivity contribution in [1.82, 2.24) is 9.55 Å². The number of hydrogen-bond acceptors (Lipinski definition) is 3. The number of carboxylic acids is 2. The molecule has 0 saturated carbocycles. The van der Waals surface area contributed by atoms with Gasteiger partial charge >= 0.3 is 11.9 Å². The van der Waals surface area contributed by atoms with E-state index in [0.29, 0.717) is 22.4 Å². The number of benzene rings is 2. The molecule has 0 aliphatic heterocycles. The normalized spacial score (nSPS) is 10.7. The Hall–Kier alpha value is -3.15. The summed E-state index contributed by atoms with van der Waals surface area (Å²) in [6.07, 6.45) is 0. The first-order valence-corrected chi connectivity index (χ1v) is 6.57. The van der Waals surface area contributed by atoms with Gasteiger partial charge < -0.3 is 14.8 Å². The molecule has 0 amide bonds. The Kier molecular flexibility index (Phi) is 3.34. The predicted octanol–water partition coefficient (Wildman–Crippen LogP) is 2.49. The molecule has 22 heavy (non-hydrogen) atoms. The minimum absolute atomic E-state index is 0.131. The Balaban J connectivity index is 2.23. The molecule has 0 aliphatic carbocycles. The fraction of sp³-hybridized carbons (Fsp3) is 0.0625. The zero-order chi connectivity index (χ0) is 15.7. The van der Waals surface area contributed by atoms with Gasteiger partial charge in [0.15, 0.2) is 0 Å². The molecule has 0 unspecified atom stereocenters. The van der Waals surface area contributed by atoms with Crippen molar-refractivity contribution in [2.45, 2.75) is 6.54 Å². The lowest BCUT2D eigenvalue weighted by Crippen LogP contribution is -2.10. The summed E-state index contributed by atoms with van der Waals surface area (Å²) in [6.45, 7) is -0.243. The van der Waals surface area contributed by atoms with Crippen LogP contribution in [0, 0.1) is 0 Å². The predicted molar refractivity (Wildman–Crippen MR) is 79.8 cm³/mol. The number of imidazole rings is 1. The average Bonchev–Trinajstić information content (AvgIpc) is 2.86. The fourth-order valence-electron chi connectivity index (χ4n) is 2.38. The highest BCUT2D eigenvalue weighted by Gasteiger charge is 2.15. The first-order valence-electron chi connectivity index (χ1n) is 6.57. The number of aromatic nitrogens is 2. The molecule has 0 atom stereocenters. The van der Waals surface area contributed by atoms with Crippen LogP contribution in [0.3, 0.4) is 0 Å². The molecule has 2 N–H and O–H groups in total. The van der Waals surface area contributed by atoms with Gasteiger partial charge in [-0.2, -0.15) is 0 Å². The second-order valence-corrected chi connectivity index (χ2v) is 4.79. The summed E-state index contributed by atoms with van der Waals surface area (Å²) in [5.41, 5.74) is 2.06. The first-order chi connectivity index (χ1) is 10.6. The molecule has 2 aromatic carbocycles. The van der Waals surface area contributed by atoms with Gasteiger partial charge in [0.1, 0.15) is 12.4 Å². The van der Waals surface area contributed by atoms with Gasteiger partial charge in [0, 0.05) is 5.56 Å². The Labute approximate surface area is 125 Å². The fourth-order valence-corrected chi connectivity index (χ4v) is 2.38. The molecule has 0 radical (unpaired) electrons. The zero-order valence-corrected chi connectivity index (χ0v) is 11.4. The lowest BCUT2D eigenvalue weighted by atomic mass is 10.1. The third-order valence-electron chi connectivity index (χ3n) is 3.32. The summed E-state index contributed by atoms with van der Waals surface area (Å²) < 4.78 is 1.57. The molecule has 0 aliphatic rings. The van der Waals surface area contributed by atoms with Gasteiger partial charge in [-0.1, -0.05) is 24.3 Å². The maximum Gasteiger partial charge on any atom is 0.335 e. The van der Waals surface area contributed by atoms with Crippen LogP contribution in [-0.2, 0) is 11.3 Å². The number of aromatic carboxylic acids is 1. The zero-order valence-electron chi connectivity index (χ0n) is 11.4. The highest BCUT2D eigenvalue weighted by Crippen LogP contribution is 2.25. The van der Waals surface area contributed by atoms with E-state index in [0.717, 1.165) is 0 Å². The number of fused-ring (bicyclic) bond motifs is 1. The third-order valence-corrected chi connectivity index (χ3v) is 3.32. The van der Waals surface area contributed by atoms with Crippen molar-refractivity contribution < 1.29 is 19.8 Å². The third kappa shape index (κ3) is 2.42. The molecule has 110 valence electrons. The Morgan fingerprint density at radius 1 is 1.05 bits per heavy atom. The summed E-state index contributed by atoms with van der Waals surface area (Å²) in [5.74, 6) is -1.59. The Morgan fingerprint density at radius 2 is 1.82 bits per heavy atom. The highest BCUT2D eigenvalue weighted by molar-refractivity contribution is 5.90. The van der Waals surface area contributed by atoms with Crippen molar-refractivity contribution in [2.24, 2.45) is 0 Å². The minimum Gasteiger partial charge on any atom is -0.480 e. The molecule has 1 aromatic heterocycles. The number of aliphatic carboxylic acids is 1. The van der Waals surface area contributed by atoms with Crippen molar-refractivity contribution in [2.75, 3.05) is 0 Å². The quantitative estimate of drug-likeness (QED) is 0.771. The van der Waals surface area contributed by atoms with Crippen LogP contribution >= 0.6 is 0 Å². The molecule has 3 aromatic rings. The first kappa shape index (κ1) is 13.8. The monoisotopic (exact) mass is 296 g/mol. The molecule has 3 rings (SSSR count). The van der Waals surface area contributed by atoms with E-state index in [4.69, 9.17) is 10.2 Å². The largest absolute Gasteiger partial charge is 0.480 e. The highest BCUT2D eigenvalue weighted by atomic mass is 16.4. The second-order valence-electron chi connectivity index (χ2n) is 4.79. The number of carboxylic acid groups (broad SMARTS) is 2. The SMILES string of the molecule is O=C(O)Cn1c(-c2cccc(C(=O)O)c2)nc2ccccc21. The summed E-state index contributed by atoms with van der Waals surface area (Å²) in [6, 6.07) is 13.5. The molecular weight excluding hydrogens is 284 g/mol. The van der Waals surface area contributed by atoms with Crippen LogP contribution in [0.5, 0.6) is 0 Å². The summed E-state index contributed by atoms with van der Waals surface area (Å²) in [7, 11) is 0. The van der Waals surface area contributed by atoms with Crippen molar-refractivity contribution in [3.8, 4) is 11.4 Å². The van der Waals surface area contributed by atoms with Crippen molar-refractivity contribution in [1.29, 1.82) is 0 Å². The number of rotatable bonds is 4. The number of para-hydroxylation sites is 2. The van der Waals surface area contributed by atoms with E-state index < -0.39 is 11.9 Å². The van der Waals surface area contributed by atoms with Gasteiger partial charge in [0.05, 0.1) is 16.6 Å². The van der Waals surface area contributed by atoms with Crippen molar-refractivity contribution >= 4 is 23.0 Å². The maximum absolute atomic E-state index is 11.1. The molecule has 0 spiro atoms. The van der Waals surface area contributed by atoms with Crippen LogP contribution in [-0.4, -0.2) is 31.7 Å².